The molecule has 0 bridgehead atoms. The van der Waals surface area contributed by atoms with Crippen LogP contribution in [0.25, 0.3) is 16.8 Å². The molecule has 0 unspecified atom stereocenters. The Bertz CT molecular complexity index is 1230. The molecule has 29 heavy (non-hydrogen) atoms. The number of fused-ring (bicyclic) bond motifs is 1. The van der Waals surface area contributed by atoms with Gasteiger partial charge in [-0.25, -0.2) is 0 Å². The molecule has 0 radical (unpaired) electrons. The van der Waals surface area contributed by atoms with Crippen LogP contribution < -0.4 is 5.32 Å². The number of hydrogen-bond donors (Lipinski definition) is 1. The maximum Gasteiger partial charge on any atom is 0.264 e. The summed E-state index contributed by atoms with van der Waals surface area (Å²) in [7, 11) is 0. The summed E-state index contributed by atoms with van der Waals surface area (Å²) in [5.41, 5.74) is 3.21. The van der Waals surface area contributed by atoms with E-state index in [4.69, 9.17) is 5.26 Å². The Kier molecular flexibility index (Phi) is 5.23. The number of hydrogen-bond acceptors (Lipinski definition) is 5. The van der Waals surface area contributed by atoms with Crippen molar-refractivity contribution in [1.29, 1.82) is 5.26 Å². The molecule has 3 aromatic carbocycles. The molecule has 0 aliphatic carbocycles. The van der Waals surface area contributed by atoms with Crippen molar-refractivity contribution in [3.05, 3.63) is 88.3 Å². The van der Waals surface area contributed by atoms with Gasteiger partial charge >= 0.3 is 0 Å². The lowest BCUT2D eigenvalue weighted by Gasteiger charge is -2.04. The van der Waals surface area contributed by atoms with Gasteiger partial charge in [-0.05, 0) is 53.2 Å². The second-order valence-electron chi connectivity index (χ2n) is 6.42. The van der Waals surface area contributed by atoms with Crippen molar-refractivity contribution < 1.29 is 4.79 Å². The fraction of sp³-hybridized carbons (Fsp3) is 0.0435. The first kappa shape index (κ1) is 18.7. The summed E-state index contributed by atoms with van der Waals surface area (Å²) >= 11 is 1.24. The summed E-state index contributed by atoms with van der Waals surface area (Å²) in [5, 5.41) is 22.9. The van der Waals surface area contributed by atoms with Gasteiger partial charge in [-0.3, -0.25) is 10.1 Å². The number of amidine groups is 1. The Labute approximate surface area is 172 Å². The lowest BCUT2D eigenvalue weighted by atomic mass is 10.0. The van der Waals surface area contributed by atoms with Crippen molar-refractivity contribution in [1.82, 2.24) is 5.32 Å². The third-order valence-corrected chi connectivity index (χ3v) is 5.36. The van der Waals surface area contributed by atoms with E-state index in [1.165, 1.54) is 11.8 Å². The monoisotopic (exact) mass is 396 g/mol. The highest BCUT2D eigenvalue weighted by atomic mass is 32.2. The average Bonchev–Trinajstić information content (AvgIpc) is 3.11. The van der Waals surface area contributed by atoms with E-state index >= 15 is 0 Å². The molecule has 1 aliphatic rings. The highest BCUT2D eigenvalue weighted by Gasteiger charge is 2.23. The summed E-state index contributed by atoms with van der Waals surface area (Å²) in [6.07, 6.45) is 1.77. The molecule has 0 spiro atoms. The highest BCUT2D eigenvalue weighted by molar-refractivity contribution is 8.18. The van der Waals surface area contributed by atoms with E-state index in [9.17, 15) is 4.79 Å². The summed E-state index contributed by atoms with van der Waals surface area (Å²) in [6, 6.07) is 23.3. The number of rotatable bonds is 3. The van der Waals surface area contributed by atoms with Gasteiger partial charge in [-0.1, -0.05) is 54.6 Å². The molecule has 4 rings (SSSR count). The van der Waals surface area contributed by atoms with Crippen LogP contribution >= 0.6 is 11.8 Å². The van der Waals surface area contributed by atoms with Gasteiger partial charge in [0.15, 0.2) is 5.17 Å². The number of benzene rings is 3. The molecular formula is C23H16N4OS. The van der Waals surface area contributed by atoms with E-state index < -0.39 is 0 Å². The molecule has 1 amide bonds. The lowest BCUT2D eigenvalue weighted by molar-refractivity contribution is -0.115. The van der Waals surface area contributed by atoms with Gasteiger partial charge in [-0.15, -0.1) is 5.10 Å². The molecule has 1 fully saturated rings. The van der Waals surface area contributed by atoms with Crippen LogP contribution in [0.3, 0.4) is 0 Å². The first-order valence-corrected chi connectivity index (χ1v) is 9.77. The topological polar surface area (TPSA) is 77.6 Å². The molecule has 1 saturated heterocycles. The summed E-state index contributed by atoms with van der Waals surface area (Å²) in [6.45, 7) is 1.90. The minimum Gasteiger partial charge on any atom is -0.299 e. The predicted molar refractivity (Wildman–Crippen MR) is 118 cm³/mol. The zero-order valence-corrected chi connectivity index (χ0v) is 16.4. The number of nitrogens with one attached hydrogen (secondary N) is 1. The van der Waals surface area contributed by atoms with E-state index in [1.54, 1.807) is 30.3 Å². The van der Waals surface area contributed by atoms with Gasteiger partial charge < -0.3 is 0 Å². The van der Waals surface area contributed by atoms with Gasteiger partial charge in [0.2, 0.25) is 0 Å². The molecule has 1 N–H and O–H groups in total. The fourth-order valence-corrected chi connectivity index (χ4v) is 3.77. The van der Waals surface area contributed by atoms with Crippen molar-refractivity contribution in [2.45, 2.75) is 6.92 Å². The van der Waals surface area contributed by atoms with Crippen molar-refractivity contribution >= 4 is 45.4 Å². The van der Waals surface area contributed by atoms with E-state index in [2.05, 4.69) is 39.8 Å². The van der Waals surface area contributed by atoms with Gasteiger partial charge in [-0.2, -0.15) is 10.4 Å². The molecule has 3 aromatic rings. The van der Waals surface area contributed by atoms with Gasteiger partial charge in [0, 0.05) is 5.56 Å². The van der Waals surface area contributed by atoms with E-state index in [0.29, 0.717) is 15.6 Å². The van der Waals surface area contributed by atoms with Crippen LogP contribution in [-0.4, -0.2) is 16.8 Å². The van der Waals surface area contributed by atoms with E-state index in [1.807, 2.05) is 31.2 Å². The lowest BCUT2D eigenvalue weighted by Crippen LogP contribution is -2.19. The standard InChI is InChI=1S/C23H16N4OS/c1-15(19-8-4-6-18-5-2-3-7-20(18)19)26-27-23-25-22(28)21(29-23)13-16-9-11-17(14-24)12-10-16/h2-13H,1H3,(H,25,27,28)/b21-13+,26-15-. The third kappa shape index (κ3) is 4.10. The molecule has 140 valence electrons. The normalized spacial score (nSPS) is 17.0. The molecule has 0 atom stereocenters. The number of amides is 1. The molecular weight excluding hydrogens is 380 g/mol. The van der Waals surface area contributed by atoms with Crippen LogP contribution in [0.2, 0.25) is 0 Å². The summed E-state index contributed by atoms with van der Waals surface area (Å²) < 4.78 is 0. The van der Waals surface area contributed by atoms with Crippen LogP contribution in [0, 0.1) is 11.3 Å². The fourth-order valence-electron chi connectivity index (χ4n) is 3.00. The van der Waals surface area contributed by atoms with Gasteiger partial charge in [0.05, 0.1) is 22.2 Å². The largest absolute Gasteiger partial charge is 0.299 e. The number of thioether (sulfide) groups is 1. The van der Waals surface area contributed by atoms with E-state index in [-0.39, 0.29) is 5.91 Å². The minimum absolute atomic E-state index is 0.212. The van der Waals surface area contributed by atoms with Crippen LogP contribution in [0.5, 0.6) is 0 Å². The predicted octanol–water partition coefficient (Wildman–Crippen LogP) is 4.70. The molecule has 6 heteroatoms. The Morgan fingerprint density at radius 1 is 1.07 bits per heavy atom. The highest BCUT2D eigenvalue weighted by Crippen LogP contribution is 2.26. The summed E-state index contributed by atoms with van der Waals surface area (Å²) in [5.74, 6) is -0.212. The van der Waals surface area contributed by atoms with Crippen LogP contribution in [0.1, 0.15) is 23.6 Å². The zero-order chi connectivity index (χ0) is 20.2. The average molecular weight is 396 g/mol. The second kappa shape index (κ2) is 8.13. The smallest absolute Gasteiger partial charge is 0.264 e. The quantitative estimate of drug-likeness (QED) is 0.396. The van der Waals surface area contributed by atoms with Crippen LogP contribution in [0.4, 0.5) is 0 Å². The Balaban J connectivity index is 1.56. The van der Waals surface area contributed by atoms with Crippen molar-refractivity contribution in [3.8, 4) is 6.07 Å². The first-order chi connectivity index (χ1) is 14.1. The van der Waals surface area contributed by atoms with Gasteiger partial charge in [0.25, 0.3) is 5.91 Å². The SMILES string of the molecule is C/C(=N/N=C1\NC(=O)/C(=C\c2ccc(C#N)cc2)S1)c1cccc2ccccc12. The Morgan fingerprint density at radius 3 is 2.62 bits per heavy atom. The van der Waals surface area contributed by atoms with Crippen LogP contribution in [-0.2, 0) is 4.79 Å². The maximum absolute atomic E-state index is 12.2. The number of carbonyl (C=O) groups excluding carboxylic acids is 1. The Hall–Kier alpha value is -3.69. The van der Waals surface area contributed by atoms with Crippen molar-refractivity contribution in [2.75, 3.05) is 0 Å². The third-order valence-electron chi connectivity index (χ3n) is 4.46. The number of carbonyl (C=O) groups is 1. The maximum atomic E-state index is 12.2. The van der Waals surface area contributed by atoms with Gasteiger partial charge in [0.1, 0.15) is 0 Å². The summed E-state index contributed by atoms with van der Waals surface area (Å²) in [4.78, 5) is 12.8. The Morgan fingerprint density at radius 2 is 1.83 bits per heavy atom. The second-order valence-corrected chi connectivity index (χ2v) is 7.45. The van der Waals surface area contributed by atoms with Crippen LogP contribution in [0.15, 0.2) is 81.8 Å². The molecule has 1 aliphatic heterocycles. The van der Waals surface area contributed by atoms with Crippen molar-refractivity contribution in [3.63, 3.8) is 0 Å². The van der Waals surface area contributed by atoms with E-state index in [0.717, 1.165) is 27.6 Å². The minimum atomic E-state index is -0.212. The number of nitriles is 1. The zero-order valence-electron chi connectivity index (χ0n) is 15.6. The molecule has 1 heterocycles. The molecule has 0 saturated carbocycles. The van der Waals surface area contributed by atoms with Crippen molar-refractivity contribution in [2.24, 2.45) is 10.2 Å². The first-order valence-electron chi connectivity index (χ1n) is 8.95. The molecule has 0 aromatic heterocycles. The molecule has 5 nitrogen and oxygen atoms in total. The number of nitrogens with zero attached hydrogens (tertiary/aromatic N) is 3.